The van der Waals surface area contributed by atoms with Gasteiger partial charge in [0, 0.05) is 23.6 Å². The van der Waals surface area contributed by atoms with Gasteiger partial charge in [-0.05, 0) is 36.4 Å². The topological polar surface area (TPSA) is 78.9 Å². The summed E-state index contributed by atoms with van der Waals surface area (Å²) in [6, 6.07) is 16.3. The van der Waals surface area contributed by atoms with Crippen molar-refractivity contribution in [2.75, 3.05) is 6.54 Å². The standard InChI is InChI=1S/C22H19N3O3S/c1-13-12-25-20(19(24-22(25)29-13)16-7-2-3-10-23-16)18-9-8-17(28-18)14-5-4-6-15(11-14)21(26)27/h2-11,13,19-20H,12H2,1H3,(H,26,27)/t13-,19-,20-/m0/s1. The summed E-state index contributed by atoms with van der Waals surface area (Å²) in [7, 11) is 0. The number of thioether (sulfide) groups is 1. The summed E-state index contributed by atoms with van der Waals surface area (Å²) in [4.78, 5) is 23.1. The molecule has 0 aliphatic carbocycles. The van der Waals surface area contributed by atoms with Gasteiger partial charge in [-0.2, -0.15) is 0 Å². The van der Waals surface area contributed by atoms with Gasteiger partial charge in [0.1, 0.15) is 23.6 Å². The molecule has 1 saturated heterocycles. The highest BCUT2D eigenvalue weighted by atomic mass is 32.2. The van der Waals surface area contributed by atoms with Gasteiger partial charge in [-0.1, -0.05) is 36.9 Å². The number of aromatic carboxylic acids is 1. The van der Waals surface area contributed by atoms with Crippen LogP contribution in [0.5, 0.6) is 0 Å². The smallest absolute Gasteiger partial charge is 0.335 e. The number of carboxylic acids is 1. The minimum absolute atomic E-state index is 0.0613. The van der Waals surface area contributed by atoms with Gasteiger partial charge in [0.2, 0.25) is 0 Å². The molecule has 3 aromatic rings. The van der Waals surface area contributed by atoms with Gasteiger partial charge in [-0.15, -0.1) is 0 Å². The molecule has 2 aliphatic rings. The van der Waals surface area contributed by atoms with Crippen molar-refractivity contribution in [1.82, 2.24) is 9.88 Å². The molecule has 146 valence electrons. The van der Waals surface area contributed by atoms with Crippen LogP contribution < -0.4 is 0 Å². The van der Waals surface area contributed by atoms with E-state index in [-0.39, 0.29) is 17.6 Å². The summed E-state index contributed by atoms with van der Waals surface area (Å²) in [6.45, 7) is 3.10. The lowest BCUT2D eigenvalue weighted by Crippen LogP contribution is -2.28. The SMILES string of the molecule is C[C@H]1CN2C(=N[C@@H](c3ccccn3)[C@@H]2c2ccc(-c3cccc(C(=O)O)c3)o2)S1. The van der Waals surface area contributed by atoms with Crippen molar-refractivity contribution in [3.63, 3.8) is 0 Å². The number of amidine groups is 1. The Morgan fingerprint density at radius 1 is 1.21 bits per heavy atom. The fourth-order valence-corrected chi connectivity index (χ4v) is 4.99. The number of aliphatic imine (C=N–C) groups is 1. The van der Waals surface area contributed by atoms with Crippen molar-refractivity contribution in [3.05, 3.63) is 77.8 Å². The van der Waals surface area contributed by atoms with Crippen molar-refractivity contribution >= 4 is 22.9 Å². The first-order chi connectivity index (χ1) is 14.1. The van der Waals surface area contributed by atoms with E-state index in [0.29, 0.717) is 11.0 Å². The van der Waals surface area contributed by atoms with Gasteiger partial charge in [-0.25, -0.2) is 9.79 Å². The predicted molar refractivity (Wildman–Crippen MR) is 112 cm³/mol. The zero-order valence-corrected chi connectivity index (χ0v) is 16.5. The van der Waals surface area contributed by atoms with Crippen LogP contribution in [0.4, 0.5) is 0 Å². The number of carboxylic acid groups (broad SMARTS) is 1. The van der Waals surface area contributed by atoms with E-state index in [2.05, 4.69) is 16.8 Å². The third kappa shape index (κ3) is 3.21. The number of nitrogens with zero attached hydrogens (tertiary/aromatic N) is 3. The Kier molecular flexibility index (Phi) is 4.39. The van der Waals surface area contributed by atoms with Crippen LogP contribution in [0.15, 0.2) is 70.2 Å². The van der Waals surface area contributed by atoms with E-state index in [4.69, 9.17) is 9.41 Å². The van der Waals surface area contributed by atoms with Gasteiger partial charge in [-0.3, -0.25) is 4.98 Å². The predicted octanol–water partition coefficient (Wildman–Crippen LogP) is 4.63. The maximum absolute atomic E-state index is 11.3. The van der Waals surface area contributed by atoms with E-state index in [1.54, 1.807) is 36.2 Å². The molecule has 1 aromatic carbocycles. The highest BCUT2D eigenvalue weighted by Gasteiger charge is 2.45. The van der Waals surface area contributed by atoms with Gasteiger partial charge in [0.15, 0.2) is 5.17 Å². The van der Waals surface area contributed by atoms with Crippen molar-refractivity contribution in [3.8, 4) is 11.3 Å². The zero-order valence-electron chi connectivity index (χ0n) is 15.7. The number of pyridine rings is 1. The number of hydrogen-bond donors (Lipinski definition) is 1. The number of hydrogen-bond acceptors (Lipinski definition) is 6. The molecule has 5 rings (SSSR count). The monoisotopic (exact) mass is 405 g/mol. The normalized spacial score (nSPS) is 23.1. The molecule has 0 saturated carbocycles. The largest absolute Gasteiger partial charge is 0.478 e. The molecule has 7 heteroatoms. The lowest BCUT2D eigenvalue weighted by Gasteiger charge is -2.25. The average molecular weight is 405 g/mol. The Morgan fingerprint density at radius 2 is 2.10 bits per heavy atom. The first kappa shape index (κ1) is 18.0. The van der Waals surface area contributed by atoms with Crippen LogP contribution in [-0.2, 0) is 0 Å². The second kappa shape index (κ2) is 7.08. The molecule has 0 radical (unpaired) electrons. The van der Waals surface area contributed by atoms with Crippen molar-refractivity contribution in [2.45, 2.75) is 24.3 Å². The lowest BCUT2D eigenvalue weighted by atomic mass is 10.0. The summed E-state index contributed by atoms with van der Waals surface area (Å²) < 4.78 is 6.24. The minimum Gasteiger partial charge on any atom is -0.478 e. The molecule has 0 amide bonds. The van der Waals surface area contributed by atoms with Gasteiger partial charge < -0.3 is 14.4 Å². The Hall–Kier alpha value is -3.06. The average Bonchev–Trinajstić information content (AvgIpc) is 3.42. The van der Waals surface area contributed by atoms with Crippen LogP contribution in [0.2, 0.25) is 0 Å². The Balaban J connectivity index is 1.52. The summed E-state index contributed by atoms with van der Waals surface area (Å²) in [5.41, 5.74) is 1.90. The lowest BCUT2D eigenvalue weighted by molar-refractivity contribution is 0.0697. The number of carbonyl (C=O) groups is 1. The maximum Gasteiger partial charge on any atom is 0.335 e. The van der Waals surface area contributed by atoms with E-state index in [1.807, 2.05) is 36.4 Å². The summed E-state index contributed by atoms with van der Waals surface area (Å²) in [5.74, 6) is 0.506. The van der Waals surface area contributed by atoms with Crippen LogP contribution in [0.3, 0.4) is 0 Å². The number of benzene rings is 1. The molecule has 4 heterocycles. The Morgan fingerprint density at radius 3 is 2.90 bits per heavy atom. The van der Waals surface area contributed by atoms with Crippen LogP contribution in [0.1, 0.15) is 40.8 Å². The molecule has 29 heavy (non-hydrogen) atoms. The molecule has 0 unspecified atom stereocenters. The Labute approximate surface area is 172 Å². The fourth-order valence-electron chi connectivity index (χ4n) is 3.90. The summed E-state index contributed by atoms with van der Waals surface area (Å²) >= 11 is 1.78. The second-order valence-electron chi connectivity index (χ2n) is 7.22. The quantitative estimate of drug-likeness (QED) is 0.682. The Bertz CT molecular complexity index is 1100. The highest BCUT2D eigenvalue weighted by Crippen LogP contribution is 2.48. The number of aromatic nitrogens is 1. The van der Waals surface area contributed by atoms with E-state index < -0.39 is 5.97 Å². The van der Waals surface area contributed by atoms with Crippen molar-refractivity contribution < 1.29 is 14.3 Å². The number of rotatable bonds is 4. The molecular weight excluding hydrogens is 386 g/mol. The van der Waals surface area contributed by atoms with E-state index in [0.717, 1.165) is 28.7 Å². The van der Waals surface area contributed by atoms with Crippen molar-refractivity contribution in [2.24, 2.45) is 4.99 Å². The van der Waals surface area contributed by atoms with Gasteiger partial charge in [0.25, 0.3) is 0 Å². The summed E-state index contributed by atoms with van der Waals surface area (Å²) in [6.07, 6.45) is 1.79. The second-order valence-corrected chi connectivity index (χ2v) is 8.63. The van der Waals surface area contributed by atoms with Crippen LogP contribution in [0, 0.1) is 0 Å². The van der Waals surface area contributed by atoms with Crippen LogP contribution in [0.25, 0.3) is 11.3 Å². The van der Waals surface area contributed by atoms with Crippen molar-refractivity contribution in [1.29, 1.82) is 0 Å². The number of furan rings is 1. The number of fused-ring (bicyclic) bond motifs is 1. The van der Waals surface area contributed by atoms with E-state index in [9.17, 15) is 9.90 Å². The first-order valence-corrected chi connectivity index (χ1v) is 10.3. The fraction of sp³-hybridized carbons (Fsp3) is 0.227. The molecule has 0 spiro atoms. The van der Waals surface area contributed by atoms with Gasteiger partial charge >= 0.3 is 5.97 Å². The zero-order chi connectivity index (χ0) is 20.0. The maximum atomic E-state index is 11.3. The molecular formula is C22H19N3O3S. The molecule has 1 fully saturated rings. The van der Waals surface area contributed by atoms with Gasteiger partial charge in [0.05, 0.1) is 11.3 Å². The van der Waals surface area contributed by atoms with E-state index >= 15 is 0 Å². The molecule has 0 bridgehead atoms. The van der Waals surface area contributed by atoms with Crippen LogP contribution in [-0.4, -0.2) is 37.9 Å². The summed E-state index contributed by atoms with van der Waals surface area (Å²) in [5, 5.41) is 10.8. The third-order valence-electron chi connectivity index (χ3n) is 5.19. The van der Waals surface area contributed by atoms with E-state index in [1.165, 1.54) is 0 Å². The minimum atomic E-state index is -0.953. The first-order valence-electron chi connectivity index (χ1n) is 9.45. The molecule has 2 aliphatic heterocycles. The molecule has 6 nitrogen and oxygen atoms in total. The third-order valence-corrected chi connectivity index (χ3v) is 6.30. The molecule has 2 aromatic heterocycles. The molecule has 3 atom stereocenters. The highest BCUT2D eigenvalue weighted by molar-refractivity contribution is 8.14. The van der Waals surface area contributed by atoms with Crippen LogP contribution >= 0.6 is 11.8 Å². The molecule has 1 N–H and O–H groups in total.